The summed E-state index contributed by atoms with van der Waals surface area (Å²) in [5, 5.41) is 0. The zero-order valence-electron chi connectivity index (χ0n) is 22.0. The normalized spacial score (nSPS) is 14.3. The first-order valence-electron chi connectivity index (χ1n) is 12.3. The number of halogens is 3. The molecule has 11 heteroatoms. The molecule has 206 valence electrons. The van der Waals surface area contributed by atoms with E-state index in [9.17, 15) is 27.6 Å². The Morgan fingerprint density at radius 1 is 1.08 bits per heavy atom. The summed E-state index contributed by atoms with van der Waals surface area (Å²) in [5.41, 5.74) is 7.05. The average molecular weight is 543 g/mol. The summed E-state index contributed by atoms with van der Waals surface area (Å²) in [6.45, 7) is 5.34. The fourth-order valence-corrected chi connectivity index (χ4v) is 4.54. The van der Waals surface area contributed by atoms with Crippen molar-refractivity contribution in [2.45, 2.75) is 58.0 Å². The number of ether oxygens (including phenoxy) is 1. The fraction of sp³-hybridized carbons (Fsp3) is 0.357. The molecule has 0 fully saturated rings. The van der Waals surface area contributed by atoms with Crippen molar-refractivity contribution in [2.24, 2.45) is 12.8 Å². The molecule has 0 unspecified atom stereocenters. The van der Waals surface area contributed by atoms with E-state index < -0.39 is 35.3 Å². The Labute approximate surface area is 223 Å². The van der Waals surface area contributed by atoms with Crippen LogP contribution < -0.4 is 5.73 Å². The van der Waals surface area contributed by atoms with Crippen LogP contribution in [0.1, 0.15) is 55.1 Å². The number of amides is 2. The Kier molecular flexibility index (Phi) is 7.29. The lowest BCUT2D eigenvalue weighted by atomic mass is 10.0. The molecule has 39 heavy (non-hydrogen) atoms. The molecule has 2 N–H and O–H groups in total. The summed E-state index contributed by atoms with van der Waals surface area (Å²) < 4.78 is 45.8. The number of imidazole rings is 1. The molecule has 0 radical (unpaired) electrons. The lowest BCUT2D eigenvalue weighted by Crippen LogP contribution is -2.45. The summed E-state index contributed by atoms with van der Waals surface area (Å²) in [6, 6.07) is 8.93. The minimum absolute atomic E-state index is 0.0353. The van der Waals surface area contributed by atoms with Crippen molar-refractivity contribution in [3.63, 3.8) is 0 Å². The molecule has 1 atom stereocenters. The number of fused-ring (bicyclic) bond motifs is 1. The third-order valence-corrected chi connectivity index (χ3v) is 6.33. The van der Waals surface area contributed by atoms with Gasteiger partial charge in [-0.05, 0) is 57.0 Å². The van der Waals surface area contributed by atoms with Crippen molar-refractivity contribution in [1.82, 2.24) is 14.5 Å². The molecular formula is C28H29F3N4O4. The van der Waals surface area contributed by atoms with E-state index in [2.05, 4.69) is 4.98 Å². The van der Waals surface area contributed by atoms with Gasteiger partial charge in [0.1, 0.15) is 17.5 Å². The van der Waals surface area contributed by atoms with Crippen LogP contribution in [-0.4, -0.2) is 43.9 Å². The van der Waals surface area contributed by atoms with Crippen LogP contribution in [0, 0.1) is 0 Å². The van der Waals surface area contributed by atoms with Gasteiger partial charge in [-0.1, -0.05) is 18.2 Å². The predicted molar refractivity (Wildman–Crippen MR) is 137 cm³/mol. The summed E-state index contributed by atoms with van der Waals surface area (Å²) in [4.78, 5) is 43.4. The molecule has 3 aromatic rings. The highest BCUT2D eigenvalue weighted by atomic mass is 19.4. The number of rotatable bonds is 7. The number of alkyl halides is 3. The summed E-state index contributed by atoms with van der Waals surface area (Å²) in [6.07, 6.45) is -2.72. The Balaban J connectivity index is 1.53. The van der Waals surface area contributed by atoms with Crippen molar-refractivity contribution in [2.75, 3.05) is 0 Å². The number of esters is 1. The minimum atomic E-state index is -4.43. The second kappa shape index (κ2) is 10.2. The number of primary amides is 1. The standard InChI is InChI=1S/C28H29F3N4O4/c1-27(2,3)39-23(36)12-11-22(24(32)37)35-14-18-13-17(7-10-20(18)26(35)38)21-15-34(4)25(33-21)16-5-8-19(9-6-16)28(29,30)31/h5-10,13,15,22H,11-12,14H2,1-4H3,(H2,32,37)/t22-/m1/s1. The summed E-state index contributed by atoms with van der Waals surface area (Å²) in [7, 11) is 1.74. The number of hydrogen-bond acceptors (Lipinski definition) is 5. The number of benzene rings is 2. The fourth-order valence-electron chi connectivity index (χ4n) is 4.54. The molecule has 1 aromatic heterocycles. The maximum atomic E-state index is 13.1. The third-order valence-electron chi connectivity index (χ3n) is 6.33. The van der Waals surface area contributed by atoms with Crippen molar-refractivity contribution < 1.29 is 32.3 Å². The van der Waals surface area contributed by atoms with Crippen LogP contribution in [0.15, 0.2) is 48.7 Å². The number of hydrogen-bond donors (Lipinski definition) is 1. The highest BCUT2D eigenvalue weighted by molar-refractivity contribution is 6.01. The molecule has 0 saturated carbocycles. The van der Waals surface area contributed by atoms with Crippen LogP contribution in [0.4, 0.5) is 13.2 Å². The Hall–Kier alpha value is -4.15. The molecule has 0 spiro atoms. The van der Waals surface area contributed by atoms with Gasteiger partial charge < -0.3 is 19.9 Å². The molecular weight excluding hydrogens is 513 g/mol. The number of nitrogens with zero attached hydrogens (tertiary/aromatic N) is 3. The maximum Gasteiger partial charge on any atom is 0.416 e. The van der Waals surface area contributed by atoms with Gasteiger partial charge in [-0.2, -0.15) is 13.2 Å². The van der Waals surface area contributed by atoms with Crippen LogP contribution in [-0.2, 0) is 34.1 Å². The second-order valence-corrected chi connectivity index (χ2v) is 10.5. The zero-order valence-corrected chi connectivity index (χ0v) is 22.0. The lowest BCUT2D eigenvalue weighted by molar-refractivity contribution is -0.155. The van der Waals surface area contributed by atoms with Crippen molar-refractivity contribution >= 4 is 17.8 Å². The van der Waals surface area contributed by atoms with Gasteiger partial charge in [-0.15, -0.1) is 0 Å². The first-order chi connectivity index (χ1) is 18.1. The molecule has 1 aliphatic rings. The summed E-state index contributed by atoms with van der Waals surface area (Å²) in [5.74, 6) is -1.09. The van der Waals surface area contributed by atoms with Gasteiger partial charge in [0.05, 0.1) is 11.3 Å². The topological polar surface area (TPSA) is 108 Å². The Morgan fingerprint density at radius 2 is 1.72 bits per heavy atom. The van der Waals surface area contributed by atoms with E-state index in [1.165, 1.54) is 17.0 Å². The molecule has 0 aliphatic carbocycles. The highest BCUT2D eigenvalue weighted by Gasteiger charge is 2.36. The molecule has 0 bridgehead atoms. The van der Waals surface area contributed by atoms with Gasteiger partial charge >= 0.3 is 12.1 Å². The van der Waals surface area contributed by atoms with E-state index in [0.717, 1.165) is 12.1 Å². The van der Waals surface area contributed by atoms with Gasteiger partial charge in [-0.25, -0.2) is 4.98 Å². The number of nitrogens with two attached hydrogens (primary N) is 1. The van der Waals surface area contributed by atoms with E-state index in [1.54, 1.807) is 56.8 Å². The molecule has 0 saturated heterocycles. The molecule has 2 heterocycles. The van der Waals surface area contributed by atoms with Gasteiger partial charge in [-0.3, -0.25) is 14.4 Å². The zero-order chi connectivity index (χ0) is 28.7. The minimum Gasteiger partial charge on any atom is -0.460 e. The van der Waals surface area contributed by atoms with E-state index in [-0.39, 0.29) is 25.3 Å². The van der Waals surface area contributed by atoms with Crippen molar-refractivity contribution in [1.29, 1.82) is 0 Å². The number of carbonyl (C=O) groups excluding carboxylic acids is 3. The number of carbonyl (C=O) groups is 3. The first kappa shape index (κ1) is 27.9. The van der Waals surface area contributed by atoms with E-state index in [0.29, 0.717) is 33.8 Å². The number of aryl methyl sites for hydroxylation is 1. The van der Waals surface area contributed by atoms with Crippen molar-refractivity contribution in [3.05, 3.63) is 65.4 Å². The van der Waals surface area contributed by atoms with Crippen molar-refractivity contribution in [3.8, 4) is 22.6 Å². The Morgan fingerprint density at radius 3 is 2.31 bits per heavy atom. The summed E-state index contributed by atoms with van der Waals surface area (Å²) >= 11 is 0. The van der Waals surface area contributed by atoms with Gasteiger partial charge in [0.2, 0.25) is 5.91 Å². The van der Waals surface area contributed by atoms with Crippen LogP contribution in [0.25, 0.3) is 22.6 Å². The molecule has 4 rings (SSSR count). The quantitative estimate of drug-likeness (QED) is 0.436. The maximum absolute atomic E-state index is 13.1. The third kappa shape index (κ3) is 6.13. The van der Waals surface area contributed by atoms with Crippen LogP contribution in [0.3, 0.4) is 0 Å². The van der Waals surface area contributed by atoms with Gasteiger partial charge in [0.25, 0.3) is 5.91 Å². The van der Waals surface area contributed by atoms with Crippen LogP contribution in [0.2, 0.25) is 0 Å². The van der Waals surface area contributed by atoms with E-state index >= 15 is 0 Å². The average Bonchev–Trinajstić information content (AvgIpc) is 3.37. The van der Waals surface area contributed by atoms with E-state index in [4.69, 9.17) is 10.5 Å². The van der Waals surface area contributed by atoms with Crippen LogP contribution in [0.5, 0.6) is 0 Å². The lowest BCUT2D eigenvalue weighted by Gasteiger charge is -2.25. The first-order valence-corrected chi connectivity index (χ1v) is 12.3. The molecule has 2 aromatic carbocycles. The highest BCUT2D eigenvalue weighted by Crippen LogP contribution is 2.33. The molecule has 8 nitrogen and oxygen atoms in total. The molecule has 1 aliphatic heterocycles. The smallest absolute Gasteiger partial charge is 0.416 e. The Bertz CT molecular complexity index is 1420. The van der Waals surface area contributed by atoms with Crippen LogP contribution >= 0.6 is 0 Å². The van der Waals surface area contributed by atoms with E-state index in [1.807, 2.05) is 0 Å². The SMILES string of the molecule is Cn1cc(-c2ccc3c(c2)CN([C@H](CCC(=O)OC(C)(C)C)C(N)=O)C3=O)nc1-c1ccc(C(F)(F)F)cc1. The number of aromatic nitrogens is 2. The largest absolute Gasteiger partial charge is 0.460 e. The predicted octanol–water partition coefficient (Wildman–Crippen LogP) is 4.70. The monoisotopic (exact) mass is 542 g/mol. The second-order valence-electron chi connectivity index (χ2n) is 10.5. The molecule has 2 amide bonds. The van der Waals surface area contributed by atoms with Gasteiger partial charge in [0.15, 0.2) is 0 Å². The van der Waals surface area contributed by atoms with Gasteiger partial charge in [0, 0.05) is 42.9 Å².